The molecule has 0 amide bonds. The van der Waals surface area contributed by atoms with Crippen LogP contribution in [0.15, 0.2) is 78.9 Å². The summed E-state index contributed by atoms with van der Waals surface area (Å²) >= 11 is 2.17. The normalized spacial score (nSPS) is 12.8. The molecule has 1 aromatic heterocycles. The van der Waals surface area contributed by atoms with E-state index >= 15 is 0 Å². The summed E-state index contributed by atoms with van der Waals surface area (Å²) in [7, 11) is -16.7. The summed E-state index contributed by atoms with van der Waals surface area (Å²) in [5, 5.41) is 11.0. The number of ether oxygens (including phenoxy) is 1. The van der Waals surface area contributed by atoms with E-state index in [9.17, 15) is 42.8 Å². The van der Waals surface area contributed by atoms with Crippen LogP contribution in [-0.4, -0.2) is 97.0 Å². The number of anilines is 2. The van der Waals surface area contributed by atoms with Gasteiger partial charge in [-0.2, -0.15) is 53.7 Å². The second kappa shape index (κ2) is 16.4. The highest BCUT2D eigenvalue weighted by Gasteiger charge is 2.21. The molecular formula is C26H28N6O13S6. The molecule has 51 heavy (non-hydrogen) atoms. The predicted octanol–water partition coefficient (Wildman–Crippen LogP) is 4.43. The van der Waals surface area contributed by atoms with Crippen LogP contribution in [0.4, 0.5) is 23.0 Å². The van der Waals surface area contributed by atoms with Gasteiger partial charge in [0.15, 0.2) is 10.3 Å². The molecule has 0 aliphatic heterocycles. The molecule has 276 valence electrons. The molecule has 5 N–H and O–H groups in total. The first-order valence-corrected chi connectivity index (χ1v) is 22.1. The highest BCUT2D eigenvalue weighted by Crippen LogP contribution is 2.36. The fourth-order valence-corrected chi connectivity index (χ4v) is 8.63. The molecule has 0 radical (unpaired) electrons. The molecule has 19 nitrogen and oxygen atoms in total. The third kappa shape index (κ3) is 12.3. The molecule has 3 aromatic carbocycles. The van der Waals surface area contributed by atoms with Crippen molar-refractivity contribution in [3.63, 3.8) is 0 Å². The molecule has 0 fully saturated rings. The third-order valence-electron chi connectivity index (χ3n) is 6.32. The number of rotatable bonds is 17. The van der Waals surface area contributed by atoms with Crippen molar-refractivity contribution in [3.05, 3.63) is 48.5 Å². The maximum atomic E-state index is 12.1. The third-order valence-corrected chi connectivity index (χ3v) is 11.6. The summed E-state index contributed by atoms with van der Waals surface area (Å²) in [6.45, 7) is 0. The Balaban J connectivity index is 1.62. The number of aromatic nitrogens is 3. The summed E-state index contributed by atoms with van der Waals surface area (Å²) in [6.07, 6.45) is 0.194. The van der Waals surface area contributed by atoms with Gasteiger partial charge in [0.25, 0.3) is 40.5 Å². The lowest BCUT2D eigenvalue weighted by molar-refractivity contribution is 0.416. The second-order valence-electron chi connectivity index (χ2n) is 10.2. The van der Waals surface area contributed by atoms with Crippen LogP contribution in [0.5, 0.6) is 5.75 Å². The van der Waals surface area contributed by atoms with E-state index in [2.05, 4.69) is 30.5 Å². The van der Waals surface area contributed by atoms with Crippen LogP contribution in [0.2, 0.25) is 0 Å². The molecule has 1 heterocycles. The van der Waals surface area contributed by atoms with Gasteiger partial charge in [-0.15, -0.1) is 5.11 Å². The van der Waals surface area contributed by atoms with Gasteiger partial charge in [0.05, 0.1) is 24.3 Å². The van der Waals surface area contributed by atoms with E-state index in [-0.39, 0.29) is 68.5 Å². The van der Waals surface area contributed by atoms with Crippen LogP contribution >= 0.6 is 23.5 Å². The van der Waals surface area contributed by atoms with Crippen molar-refractivity contribution in [1.82, 2.24) is 15.0 Å². The van der Waals surface area contributed by atoms with Gasteiger partial charge in [0.2, 0.25) is 5.95 Å². The number of thioether (sulfide) groups is 2. The van der Waals surface area contributed by atoms with Crippen molar-refractivity contribution in [1.29, 1.82) is 0 Å². The van der Waals surface area contributed by atoms with Gasteiger partial charge in [-0.1, -0.05) is 35.7 Å². The fourth-order valence-electron chi connectivity index (χ4n) is 4.22. The predicted molar refractivity (Wildman–Crippen MR) is 187 cm³/mol. The maximum absolute atomic E-state index is 12.1. The minimum Gasteiger partial charge on any atom is -0.494 e. The molecular weight excluding hydrogens is 797 g/mol. The summed E-state index contributed by atoms with van der Waals surface area (Å²) in [5.74, 6) is -0.296. The smallest absolute Gasteiger partial charge is 0.295 e. The first-order chi connectivity index (χ1) is 23.7. The number of hydrogen-bond acceptors (Lipinski definition) is 17. The second-order valence-corrected chi connectivity index (χ2v) is 18.2. The van der Waals surface area contributed by atoms with Gasteiger partial charge in [0, 0.05) is 34.0 Å². The number of hydrogen-bond donors (Lipinski definition) is 5. The summed E-state index contributed by atoms with van der Waals surface area (Å²) in [5.41, 5.74) is 0.308. The number of nitrogens with one attached hydrogen (secondary N) is 1. The summed E-state index contributed by atoms with van der Waals surface area (Å²) in [6, 6.07) is 10.1. The monoisotopic (exact) mass is 824 g/mol. The van der Waals surface area contributed by atoms with E-state index in [1.807, 2.05) is 0 Å². The lowest BCUT2D eigenvalue weighted by Crippen LogP contribution is -2.06. The molecule has 0 atom stereocenters. The van der Waals surface area contributed by atoms with Gasteiger partial charge in [-0.3, -0.25) is 18.2 Å². The Hall–Kier alpha value is -3.53. The first-order valence-electron chi connectivity index (χ1n) is 14.0. The van der Waals surface area contributed by atoms with Crippen molar-refractivity contribution >= 4 is 97.8 Å². The zero-order valence-electron chi connectivity index (χ0n) is 26.0. The van der Waals surface area contributed by atoms with E-state index in [4.69, 9.17) is 13.8 Å². The van der Waals surface area contributed by atoms with E-state index < -0.39 is 61.8 Å². The van der Waals surface area contributed by atoms with Crippen molar-refractivity contribution < 1.29 is 56.6 Å². The topological polar surface area (TPSA) is 302 Å². The minimum absolute atomic E-state index is 0.0412. The molecule has 0 spiro atoms. The number of azo groups is 1. The number of methoxy groups -OCH3 is 1. The minimum atomic E-state index is -4.88. The van der Waals surface area contributed by atoms with E-state index in [0.29, 0.717) is 5.69 Å². The van der Waals surface area contributed by atoms with Gasteiger partial charge in [-0.25, -0.2) is 0 Å². The van der Waals surface area contributed by atoms with E-state index in [1.165, 1.54) is 37.4 Å². The SMILES string of the molecule is COc1cc(Nc2nc(SCCCS(=O)(=O)O)nc(SCCCS(=O)(=O)O)n2)ccc1N=Nc1cc(S(=O)(=O)O)c2cccc(S(=O)(=O)O)c2c1. The summed E-state index contributed by atoms with van der Waals surface area (Å²) in [4.78, 5) is 11.6. The number of nitrogens with zero attached hydrogens (tertiary/aromatic N) is 5. The molecule has 0 unspecified atom stereocenters. The van der Waals surface area contributed by atoms with Crippen LogP contribution in [0.1, 0.15) is 12.8 Å². The van der Waals surface area contributed by atoms with Crippen LogP contribution in [0, 0.1) is 0 Å². The Labute approximate surface area is 300 Å². The summed E-state index contributed by atoms with van der Waals surface area (Å²) < 4.78 is 135. The molecule has 0 aliphatic rings. The van der Waals surface area contributed by atoms with Crippen molar-refractivity contribution in [2.45, 2.75) is 32.9 Å². The lowest BCUT2D eigenvalue weighted by Gasteiger charge is -2.11. The van der Waals surface area contributed by atoms with Crippen LogP contribution in [-0.2, 0) is 40.5 Å². The Morgan fingerprint density at radius 2 is 1.29 bits per heavy atom. The maximum Gasteiger partial charge on any atom is 0.295 e. The molecule has 0 saturated heterocycles. The molecule has 4 aromatic rings. The molecule has 25 heteroatoms. The van der Waals surface area contributed by atoms with Gasteiger partial charge in [-0.05, 0) is 43.2 Å². The first kappa shape index (κ1) is 40.2. The van der Waals surface area contributed by atoms with Gasteiger partial charge >= 0.3 is 0 Å². The lowest BCUT2D eigenvalue weighted by atomic mass is 10.1. The molecule has 4 rings (SSSR count). The Morgan fingerprint density at radius 1 is 0.706 bits per heavy atom. The Morgan fingerprint density at radius 3 is 1.82 bits per heavy atom. The van der Waals surface area contributed by atoms with Gasteiger partial charge < -0.3 is 10.1 Å². The number of benzene rings is 3. The average Bonchev–Trinajstić information content (AvgIpc) is 3.02. The Bertz CT molecular complexity index is 2350. The van der Waals surface area contributed by atoms with Crippen LogP contribution < -0.4 is 10.1 Å². The fraction of sp³-hybridized carbons (Fsp3) is 0.269. The Kier molecular flexibility index (Phi) is 13.0. The van der Waals surface area contributed by atoms with Gasteiger partial charge in [0.1, 0.15) is 21.2 Å². The zero-order chi connectivity index (χ0) is 37.6. The van der Waals surface area contributed by atoms with E-state index in [0.717, 1.165) is 41.7 Å². The van der Waals surface area contributed by atoms with Crippen LogP contribution in [0.25, 0.3) is 10.8 Å². The number of fused-ring (bicyclic) bond motifs is 1. The molecule has 0 saturated carbocycles. The highest BCUT2D eigenvalue weighted by molar-refractivity contribution is 7.99. The molecule has 0 aliphatic carbocycles. The van der Waals surface area contributed by atoms with Crippen molar-refractivity contribution in [3.8, 4) is 5.75 Å². The average molecular weight is 825 g/mol. The quantitative estimate of drug-likeness (QED) is 0.0426. The van der Waals surface area contributed by atoms with Crippen molar-refractivity contribution in [2.24, 2.45) is 10.2 Å². The van der Waals surface area contributed by atoms with Crippen LogP contribution in [0.3, 0.4) is 0 Å². The largest absolute Gasteiger partial charge is 0.494 e. The highest BCUT2D eigenvalue weighted by atomic mass is 32.2. The van der Waals surface area contributed by atoms with Crippen molar-refractivity contribution in [2.75, 3.05) is 35.4 Å². The molecule has 0 bridgehead atoms. The standard InChI is InChI=1S/C26H28N6O13S6/c1-45-21-14-16(27-24-28-25(46-9-3-11-48(33,34)35)30-26(29-24)47-10-4-12-49(36,37)38)7-8-20(21)32-31-17-13-19-18(23(15-17)51(42,43)44)5-2-6-22(19)50(39,40)41/h2,5-8,13-15H,3-4,9-12H2,1H3,(H,33,34,35)(H,36,37,38)(H,39,40,41)(H,42,43,44)(H,27,28,29,30). The van der Waals surface area contributed by atoms with E-state index in [1.54, 1.807) is 0 Å². The zero-order valence-corrected chi connectivity index (χ0v) is 30.9.